The van der Waals surface area contributed by atoms with Crippen molar-refractivity contribution in [3.63, 3.8) is 0 Å². The normalized spacial score (nSPS) is 10.9. The van der Waals surface area contributed by atoms with E-state index in [1.807, 2.05) is 60.7 Å². The maximum Gasteiger partial charge on any atom is 0.139 e. The number of halogens is 1. The molecule has 0 bridgehead atoms. The summed E-state index contributed by atoms with van der Waals surface area (Å²) in [5.41, 5.74) is 5.39. The number of nitrogens with zero attached hydrogens (tertiary/aromatic N) is 1. The summed E-state index contributed by atoms with van der Waals surface area (Å²) in [7, 11) is 0. The Bertz CT molecular complexity index is 1250. The quantitative estimate of drug-likeness (QED) is 0.351. The Morgan fingerprint density at radius 3 is 2.35 bits per heavy atom. The van der Waals surface area contributed by atoms with Gasteiger partial charge in [-0.15, -0.1) is 12.4 Å². The fraction of sp³-hybridized carbons (Fsp3) is 0. The molecule has 0 unspecified atom stereocenters. The lowest BCUT2D eigenvalue weighted by atomic mass is 10.1. The molecule has 0 saturated carbocycles. The van der Waals surface area contributed by atoms with E-state index in [0.717, 1.165) is 38.5 Å². The maximum atomic E-state index is 10.2. The van der Waals surface area contributed by atoms with E-state index < -0.39 is 0 Å². The monoisotopic (exact) mass is 361 g/mol. The fourth-order valence-electron chi connectivity index (χ4n) is 3.31. The minimum Gasteiger partial charge on any atom is -0.506 e. The molecule has 0 radical (unpaired) electrons. The number of benzene rings is 3. The largest absolute Gasteiger partial charge is 0.506 e. The van der Waals surface area contributed by atoms with Gasteiger partial charge < -0.3 is 15.4 Å². The predicted octanol–water partition coefficient (Wildman–Crippen LogP) is 5.74. The molecular formula is C21H16ClN3O. The van der Waals surface area contributed by atoms with Gasteiger partial charge in [-0.2, -0.15) is 0 Å². The third-order valence-corrected chi connectivity index (χ3v) is 4.50. The van der Waals surface area contributed by atoms with E-state index in [-0.39, 0.29) is 18.2 Å². The standard InChI is InChI=1S/C21H15N3O.ClH/c25-18-12-6-5-11-17(18)24-20-13-7-1-3-9-15(13)22-19-14-8-2-4-10-16(14)23-21(19)20;/h1-12,23,25H,(H,22,24);1H. The summed E-state index contributed by atoms with van der Waals surface area (Å²) in [5, 5.41) is 15.7. The number of aromatic hydroxyl groups is 1. The molecule has 3 N–H and O–H groups in total. The zero-order valence-electron chi connectivity index (χ0n) is 13.7. The Morgan fingerprint density at radius 2 is 1.50 bits per heavy atom. The average molecular weight is 362 g/mol. The Labute approximate surface area is 155 Å². The van der Waals surface area contributed by atoms with Crippen LogP contribution in [0.3, 0.4) is 0 Å². The van der Waals surface area contributed by atoms with Crippen LogP contribution in [0.1, 0.15) is 0 Å². The van der Waals surface area contributed by atoms with Gasteiger partial charge in [0.05, 0.1) is 27.9 Å². The highest BCUT2D eigenvalue weighted by molar-refractivity contribution is 6.16. The number of hydrogen-bond donors (Lipinski definition) is 3. The second-order valence-corrected chi connectivity index (χ2v) is 6.04. The Kier molecular flexibility index (Phi) is 3.90. The summed E-state index contributed by atoms with van der Waals surface area (Å²) in [6.07, 6.45) is 0. The molecule has 5 aromatic rings. The molecule has 0 spiro atoms. The third-order valence-electron chi connectivity index (χ3n) is 4.50. The molecule has 0 amide bonds. The number of para-hydroxylation sites is 4. The van der Waals surface area contributed by atoms with E-state index in [1.54, 1.807) is 6.07 Å². The van der Waals surface area contributed by atoms with E-state index in [1.165, 1.54) is 0 Å². The van der Waals surface area contributed by atoms with Crippen molar-refractivity contribution in [3.05, 3.63) is 72.8 Å². The average Bonchev–Trinajstić information content (AvgIpc) is 3.02. The highest BCUT2D eigenvalue weighted by Crippen LogP contribution is 2.37. The van der Waals surface area contributed by atoms with Crippen molar-refractivity contribution in [2.24, 2.45) is 0 Å². The number of hydrogen-bond acceptors (Lipinski definition) is 3. The number of anilines is 2. The number of phenolic OH excluding ortho intramolecular Hbond substituents is 1. The molecular weight excluding hydrogens is 346 g/mol. The van der Waals surface area contributed by atoms with Gasteiger partial charge in [0, 0.05) is 16.3 Å². The van der Waals surface area contributed by atoms with Crippen LogP contribution in [-0.2, 0) is 0 Å². The molecule has 26 heavy (non-hydrogen) atoms. The van der Waals surface area contributed by atoms with Gasteiger partial charge in [-0.25, -0.2) is 4.98 Å². The molecule has 0 aliphatic rings. The summed E-state index contributed by atoms with van der Waals surface area (Å²) in [5.74, 6) is 0.215. The van der Waals surface area contributed by atoms with Gasteiger partial charge >= 0.3 is 0 Å². The zero-order chi connectivity index (χ0) is 16.8. The smallest absolute Gasteiger partial charge is 0.139 e. The zero-order valence-corrected chi connectivity index (χ0v) is 14.5. The van der Waals surface area contributed by atoms with Crippen molar-refractivity contribution >= 4 is 56.6 Å². The molecule has 4 nitrogen and oxygen atoms in total. The molecule has 128 valence electrons. The van der Waals surface area contributed by atoms with Crippen molar-refractivity contribution in [3.8, 4) is 5.75 Å². The number of phenols is 1. The molecule has 0 atom stereocenters. The summed E-state index contributed by atoms with van der Waals surface area (Å²) in [6.45, 7) is 0. The first-order valence-corrected chi connectivity index (χ1v) is 8.15. The van der Waals surface area contributed by atoms with Crippen LogP contribution in [0.5, 0.6) is 5.75 Å². The van der Waals surface area contributed by atoms with Crippen LogP contribution in [0.2, 0.25) is 0 Å². The summed E-state index contributed by atoms with van der Waals surface area (Å²) in [4.78, 5) is 8.33. The number of aromatic nitrogens is 2. The molecule has 0 fully saturated rings. The van der Waals surface area contributed by atoms with Crippen LogP contribution in [0, 0.1) is 0 Å². The molecule has 0 aliphatic heterocycles. The number of rotatable bonds is 2. The maximum absolute atomic E-state index is 10.2. The number of fused-ring (bicyclic) bond motifs is 4. The molecule has 5 heteroatoms. The predicted molar refractivity (Wildman–Crippen MR) is 110 cm³/mol. The van der Waals surface area contributed by atoms with Gasteiger partial charge in [-0.1, -0.05) is 48.5 Å². The van der Waals surface area contributed by atoms with E-state index in [0.29, 0.717) is 5.69 Å². The van der Waals surface area contributed by atoms with Gasteiger partial charge in [-0.05, 0) is 24.3 Å². The Balaban J connectivity index is 0.00000168. The van der Waals surface area contributed by atoms with Crippen LogP contribution in [0.4, 0.5) is 11.4 Å². The highest BCUT2D eigenvalue weighted by atomic mass is 35.5. The third kappa shape index (κ3) is 2.43. The Morgan fingerprint density at radius 1 is 0.808 bits per heavy atom. The minimum absolute atomic E-state index is 0. The summed E-state index contributed by atoms with van der Waals surface area (Å²) < 4.78 is 0. The SMILES string of the molecule is Cl.Oc1ccccc1Nc1c2ccccc2nc2c1[nH]c1ccccc12. The number of nitrogens with one attached hydrogen (secondary N) is 2. The molecule has 2 heterocycles. The van der Waals surface area contributed by atoms with Crippen molar-refractivity contribution < 1.29 is 5.11 Å². The first-order chi connectivity index (χ1) is 12.3. The lowest BCUT2D eigenvalue weighted by Gasteiger charge is -2.12. The number of aromatic amines is 1. The minimum atomic E-state index is 0. The lowest BCUT2D eigenvalue weighted by Crippen LogP contribution is -1.95. The number of pyridine rings is 1. The van der Waals surface area contributed by atoms with Crippen LogP contribution in [0.15, 0.2) is 72.8 Å². The van der Waals surface area contributed by atoms with E-state index in [9.17, 15) is 5.11 Å². The summed E-state index contributed by atoms with van der Waals surface area (Å²) >= 11 is 0. The second kappa shape index (κ2) is 6.24. The topological polar surface area (TPSA) is 60.9 Å². The first-order valence-electron chi connectivity index (χ1n) is 8.15. The second-order valence-electron chi connectivity index (χ2n) is 6.04. The van der Waals surface area contributed by atoms with E-state index in [2.05, 4.69) is 16.4 Å². The van der Waals surface area contributed by atoms with Gasteiger partial charge in [0.15, 0.2) is 0 Å². The van der Waals surface area contributed by atoms with Crippen LogP contribution >= 0.6 is 12.4 Å². The van der Waals surface area contributed by atoms with Crippen LogP contribution < -0.4 is 5.32 Å². The number of H-pyrrole nitrogens is 1. The lowest BCUT2D eigenvalue weighted by molar-refractivity contribution is 0.478. The van der Waals surface area contributed by atoms with E-state index >= 15 is 0 Å². The molecule has 5 rings (SSSR count). The van der Waals surface area contributed by atoms with E-state index in [4.69, 9.17) is 4.98 Å². The first kappa shape index (κ1) is 16.2. The van der Waals surface area contributed by atoms with Gasteiger partial charge in [0.2, 0.25) is 0 Å². The highest BCUT2D eigenvalue weighted by Gasteiger charge is 2.14. The van der Waals surface area contributed by atoms with Gasteiger partial charge in [0.25, 0.3) is 0 Å². The fourth-order valence-corrected chi connectivity index (χ4v) is 3.31. The molecule has 2 aromatic heterocycles. The van der Waals surface area contributed by atoms with Crippen molar-refractivity contribution in [2.45, 2.75) is 0 Å². The molecule has 3 aromatic carbocycles. The van der Waals surface area contributed by atoms with Gasteiger partial charge in [-0.3, -0.25) is 0 Å². The summed E-state index contributed by atoms with van der Waals surface area (Å²) in [6, 6.07) is 23.4. The molecule has 0 aliphatic carbocycles. The van der Waals surface area contributed by atoms with Crippen molar-refractivity contribution in [1.29, 1.82) is 0 Å². The van der Waals surface area contributed by atoms with Crippen molar-refractivity contribution in [2.75, 3.05) is 5.32 Å². The van der Waals surface area contributed by atoms with Crippen LogP contribution in [-0.4, -0.2) is 15.1 Å². The van der Waals surface area contributed by atoms with Crippen LogP contribution in [0.25, 0.3) is 32.8 Å². The Hall–Kier alpha value is -3.24. The van der Waals surface area contributed by atoms with Gasteiger partial charge in [0.1, 0.15) is 5.75 Å². The van der Waals surface area contributed by atoms with Crippen molar-refractivity contribution in [1.82, 2.24) is 9.97 Å². The molecule has 0 saturated heterocycles.